The van der Waals surface area contributed by atoms with Crippen LogP contribution < -0.4 is 5.32 Å². The molecule has 1 aliphatic carbocycles. The van der Waals surface area contributed by atoms with Crippen molar-refractivity contribution in [1.82, 2.24) is 4.31 Å². The van der Waals surface area contributed by atoms with Crippen molar-refractivity contribution in [2.75, 3.05) is 18.4 Å². The van der Waals surface area contributed by atoms with Crippen LogP contribution in [0.1, 0.15) is 29.5 Å². The number of nitrogens with one attached hydrogen (secondary N) is 1. The zero-order valence-corrected chi connectivity index (χ0v) is 19.3. The van der Waals surface area contributed by atoms with E-state index in [0.29, 0.717) is 10.0 Å². The Bertz CT molecular complexity index is 1150. The number of benzene rings is 2. The lowest BCUT2D eigenvalue weighted by Crippen LogP contribution is -2.32. The number of sulfonamides is 1. The summed E-state index contributed by atoms with van der Waals surface area (Å²) in [7, 11) is -3.66. The molecule has 2 aromatic carbocycles. The first kappa shape index (κ1) is 22.2. The number of fused-ring (bicyclic) bond motifs is 3. The second-order valence-electron chi connectivity index (χ2n) is 7.79. The van der Waals surface area contributed by atoms with E-state index in [1.54, 1.807) is 30.4 Å². The molecule has 0 aromatic heterocycles. The Balaban J connectivity index is 1.74. The molecule has 1 N–H and O–H groups in total. The summed E-state index contributed by atoms with van der Waals surface area (Å²) in [6.07, 6.45) is 8.37. The van der Waals surface area contributed by atoms with Crippen molar-refractivity contribution in [1.29, 1.82) is 0 Å². The third kappa shape index (κ3) is 4.08. The van der Waals surface area contributed by atoms with Crippen molar-refractivity contribution in [2.45, 2.75) is 23.3 Å². The van der Waals surface area contributed by atoms with Crippen LogP contribution >= 0.6 is 23.2 Å². The van der Waals surface area contributed by atoms with Crippen molar-refractivity contribution in [3.8, 4) is 0 Å². The lowest BCUT2D eigenvalue weighted by atomic mass is 9.77. The third-order valence-electron chi connectivity index (χ3n) is 5.94. The Morgan fingerprint density at radius 2 is 1.81 bits per heavy atom. The van der Waals surface area contributed by atoms with Gasteiger partial charge in [-0.15, -0.1) is 13.2 Å². The van der Waals surface area contributed by atoms with Crippen LogP contribution in [-0.4, -0.2) is 25.8 Å². The maximum absolute atomic E-state index is 13.2. The van der Waals surface area contributed by atoms with Gasteiger partial charge in [0, 0.05) is 34.7 Å². The largest absolute Gasteiger partial charge is 0.378 e. The van der Waals surface area contributed by atoms with Crippen molar-refractivity contribution in [3.05, 3.63) is 95.0 Å². The smallest absolute Gasteiger partial charge is 0.243 e. The summed E-state index contributed by atoms with van der Waals surface area (Å²) in [5.41, 5.74) is 2.90. The van der Waals surface area contributed by atoms with Gasteiger partial charge in [-0.25, -0.2) is 8.42 Å². The van der Waals surface area contributed by atoms with Gasteiger partial charge in [-0.05, 0) is 53.8 Å². The van der Waals surface area contributed by atoms with Crippen molar-refractivity contribution < 1.29 is 8.42 Å². The second kappa shape index (κ2) is 8.83. The molecule has 0 fully saturated rings. The minimum Gasteiger partial charge on any atom is -0.378 e. The number of anilines is 1. The first-order chi connectivity index (χ1) is 14.9. The van der Waals surface area contributed by atoms with E-state index in [9.17, 15) is 8.42 Å². The molecular formula is C24H24Cl2N2O2S. The molecule has 2 aromatic rings. The minimum atomic E-state index is -3.66. The molecular weight excluding hydrogens is 451 g/mol. The summed E-state index contributed by atoms with van der Waals surface area (Å²) in [4.78, 5) is 0.277. The molecule has 0 spiro atoms. The number of halogens is 2. The van der Waals surface area contributed by atoms with Gasteiger partial charge in [-0.1, -0.05) is 53.6 Å². The van der Waals surface area contributed by atoms with Crippen LogP contribution in [0.25, 0.3) is 0 Å². The monoisotopic (exact) mass is 474 g/mol. The van der Waals surface area contributed by atoms with E-state index in [1.165, 1.54) is 4.31 Å². The predicted octanol–water partition coefficient (Wildman–Crippen LogP) is 6.18. The standard InChI is InChI=1S/C24H24Cl2N2O2S/c1-3-12-28(13-4-2)31(29,30)17-9-11-23-21(15-17)18-6-5-7-19(18)24(27-23)20-10-8-16(25)14-22(20)26/h3-6,8-11,14-15,18-19,24,27H,1-2,7,12-13H2. The molecule has 3 unspecified atom stereocenters. The maximum Gasteiger partial charge on any atom is 0.243 e. The van der Waals surface area contributed by atoms with Gasteiger partial charge >= 0.3 is 0 Å². The van der Waals surface area contributed by atoms with Gasteiger partial charge in [0.25, 0.3) is 0 Å². The fraction of sp³-hybridized carbons (Fsp3) is 0.250. The van der Waals surface area contributed by atoms with E-state index in [2.05, 4.69) is 30.6 Å². The highest BCUT2D eigenvalue weighted by Crippen LogP contribution is 2.51. The van der Waals surface area contributed by atoms with E-state index < -0.39 is 10.0 Å². The zero-order chi connectivity index (χ0) is 22.2. The highest BCUT2D eigenvalue weighted by Gasteiger charge is 2.39. The van der Waals surface area contributed by atoms with E-state index >= 15 is 0 Å². The van der Waals surface area contributed by atoms with Crippen molar-refractivity contribution in [3.63, 3.8) is 0 Å². The number of hydrogen-bond donors (Lipinski definition) is 1. The molecule has 3 atom stereocenters. The van der Waals surface area contributed by atoms with E-state index in [1.807, 2.05) is 18.2 Å². The lowest BCUT2D eigenvalue weighted by Gasteiger charge is -2.38. The molecule has 0 bridgehead atoms. The molecule has 31 heavy (non-hydrogen) atoms. The SMILES string of the molecule is C=CCN(CC=C)S(=O)(=O)c1ccc2c(c1)C1C=CCC1C(c1ccc(Cl)cc1Cl)N2. The minimum absolute atomic E-state index is 0.0118. The molecule has 4 nitrogen and oxygen atoms in total. The Morgan fingerprint density at radius 3 is 2.48 bits per heavy atom. The number of allylic oxidation sites excluding steroid dienone is 2. The van der Waals surface area contributed by atoms with E-state index in [4.69, 9.17) is 23.2 Å². The lowest BCUT2D eigenvalue weighted by molar-refractivity contribution is 0.424. The van der Waals surface area contributed by atoms with Gasteiger partial charge in [-0.3, -0.25) is 0 Å². The Labute approximate surface area is 193 Å². The molecule has 0 radical (unpaired) electrons. The first-order valence-electron chi connectivity index (χ1n) is 10.1. The van der Waals surface area contributed by atoms with Crippen LogP contribution in [0.5, 0.6) is 0 Å². The molecule has 1 aliphatic heterocycles. The topological polar surface area (TPSA) is 49.4 Å². The molecule has 0 amide bonds. The van der Waals surface area contributed by atoms with E-state index in [-0.39, 0.29) is 35.9 Å². The second-order valence-corrected chi connectivity index (χ2v) is 10.6. The molecule has 7 heteroatoms. The van der Waals surface area contributed by atoms with Crippen LogP contribution in [0.3, 0.4) is 0 Å². The van der Waals surface area contributed by atoms with Gasteiger partial charge in [-0.2, -0.15) is 4.31 Å². The Kier molecular flexibility index (Phi) is 6.31. The van der Waals surface area contributed by atoms with Crippen LogP contribution in [0, 0.1) is 5.92 Å². The average molecular weight is 475 g/mol. The molecule has 2 aliphatic rings. The average Bonchev–Trinajstić information content (AvgIpc) is 3.23. The van der Waals surface area contributed by atoms with Crippen LogP contribution in [0.2, 0.25) is 10.0 Å². The van der Waals surface area contributed by atoms with Crippen LogP contribution in [-0.2, 0) is 10.0 Å². The van der Waals surface area contributed by atoms with Crippen LogP contribution in [0.4, 0.5) is 5.69 Å². The number of nitrogens with zero attached hydrogens (tertiary/aromatic N) is 1. The summed E-state index contributed by atoms with van der Waals surface area (Å²) in [5, 5.41) is 4.82. The zero-order valence-electron chi connectivity index (χ0n) is 17.0. The van der Waals surface area contributed by atoms with E-state index in [0.717, 1.165) is 23.2 Å². The Hall–Kier alpha value is -2.05. The van der Waals surface area contributed by atoms with Gasteiger partial charge in [0.2, 0.25) is 10.0 Å². The fourth-order valence-corrected chi connectivity index (χ4v) is 6.45. The summed E-state index contributed by atoms with van der Waals surface area (Å²) < 4.78 is 27.8. The van der Waals surface area contributed by atoms with Gasteiger partial charge in [0.05, 0.1) is 10.9 Å². The summed E-state index contributed by atoms with van der Waals surface area (Å²) >= 11 is 12.6. The molecule has 4 rings (SSSR count). The summed E-state index contributed by atoms with van der Waals surface area (Å²) in [5.74, 6) is 0.344. The van der Waals surface area contributed by atoms with Gasteiger partial charge in [0.15, 0.2) is 0 Å². The highest BCUT2D eigenvalue weighted by molar-refractivity contribution is 7.89. The number of rotatable bonds is 7. The number of hydrogen-bond acceptors (Lipinski definition) is 3. The van der Waals surface area contributed by atoms with Crippen molar-refractivity contribution in [2.24, 2.45) is 5.92 Å². The Morgan fingerprint density at radius 1 is 1.06 bits per heavy atom. The quantitative estimate of drug-likeness (QED) is 0.487. The highest BCUT2D eigenvalue weighted by atomic mass is 35.5. The summed E-state index contributed by atoms with van der Waals surface area (Å²) in [6, 6.07) is 10.9. The van der Waals surface area contributed by atoms with Gasteiger partial charge < -0.3 is 5.32 Å². The molecule has 0 saturated heterocycles. The predicted molar refractivity (Wildman–Crippen MR) is 128 cm³/mol. The van der Waals surface area contributed by atoms with Gasteiger partial charge in [0.1, 0.15) is 0 Å². The molecule has 0 saturated carbocycles. The first-order valence-corrected chi connectivity index (χ1v) is 12.3. The fourth-order valence-electron chi connectivity index (χ4n) is 4.50. The molecule has 162 valence electrons. The summed E-state index contributed by atoms with van der Waals surface area (Å²) in [6.45, 7) is 7.81. The third-order valence-corrected chi connectivity index (χ3v) is 8.33. The van der Waals surface area contributed by atoms with Crippen LogP contribution in [0.15, 0.2) is 78.8 Å². The molecule has 1 heterocycles. The van der Waals surface area contributed by atoms with Crippen molar-refractivity contribution >= 4 is 38.9 Å². The normalized spacial score (nSPS) is 22.0. The maximum atomic E-state index is 13.2.